The fourth-order valence-electron chi connectivity index (χ4n) is 2.37. The number of hydrogen-bond acceptors (Lipinski definition) is 2. The molecule has 2 fully saturated rings. The highest BCUT2D eigenvalue weighted by Crippen LogP contribution is 2.31. The van der Waals surface area contributed by atoms with Gasteiger partial charge in [-0.15, -0.1) is 0 Å². The third kappa shape index (κ3) is 1.38. The van der Waals surface area contributed by atoms with E-state index in [1.165, 1.54) is 38.9 Å². The summed E-state index contributed by atoms with van der Waals surface area (Å²) in [6, 6.07) is 0.738. The largest absolute Gasteiger partial charge is 0.311 e. The van der Waals surface area contributed by atoms with E-state index in [4.69, 9.17) is 0 Å². The predicted octanol–water partition coefficient (Wildman–Crippen LogP) is 1.47. The first kappa shape index (κ1) is 8.52. The molecule has 0 aromatic carbocycles. The summed E-state index contributed by atoms with van der Waals surface area (Å²) in [4.78, 5) is 2.59. The van der Waals surface area contributed by atoms with Gasteiger partial charge in [-0.1, -0.05) is 0 Å². The second-order valence-corrected chi connectivity index (χ2v) is 4.59. The zero-order valence-electron chi connectivity index (χ0n) is 8.27. The monoisotopic (exact) mass is 170 g/mol. The smallest absolute Gasteiger partial charge is 0.0217 e. The van der Waals surface area contributed by atoms with Crippen molar-refractivity contribution in [2.24, 2.45) is 0 Å². The highest BCUT2D eigenvalue weighted by molar-refractivity contribution is 5.00. The van der Waals surface area contributed by atoms with Crippen LogP contribution in [0.5, 0.6) is 0 Å². The van der Waals surface area contributed by atoms with E-state index in [9.17, 15) is 0 Å². The van der Waals surface area contributed by atoms with Crippen LogP contribution in [0.3, 0.4) is 0 Å². The van der Waals surface area contributed by atoms with Gasteiger partial charge in [0, 0.05) is 26.1 Å². The maximum absolute atomic E-state index is 3.59. The van der Waals surface area contributed by atoms with E-state index in [2.05, 4.69) is 24.1 Å². The van der Waals surface area contributed by atoms with E-state index in [0.29, 0.717) is 5.54 Å². The Balaban J connectivity index is 0.000000845. The van der Waals surface area contributed by atoms with Crippen LogP contribution in [0, 0.1) is 0 Å². The van der Waals surface area contributed by atoms with E-state index in [-0.39, 0.29) is 1.43 Å². The van der Waals surface area contributed by atoms with E-state index in [1.807, 2.05) is 0 Å². The minimum Gasteiger partial charge on any atom is -0.311 e. The van der Waals surface area contributed by atoms with Gasteiger partial charge in [-0.3, -0.25) is 0 Å². The first-order valence-corrected chi connectivity index (χ1v) is 5.21. The number of piperidine rings is 1. The number of rotatable bonds is 1. The Morgan fingerprint density at radius 1 is 1.25 bits per heavy atom. The maximum Gasteiger partial charge on any atom is 0.0217 e. The van der Waals surface area contributed by atoms with E-state index in [0.717, 1.165) is 6.04 Å². The minimum atomic E-state index is 0. The molecule has 0 aromatic heterocycles. The summed E-state index contributed by atoms with van der Waals surface area (Å²) in [5.41, 5.74) is 0.575. The molecule has 2 nitrogen and oxygen atoms in total. The lowest BCUT2D eigenvalue weighted by Gasteiger charge is -2.49. The van der Waals surface area contributed by atoms with Gasteiger partial charge < -0.3 is 10.2 Å². The summed E-state index contributed by atoms with van der Waals surface area (Å²) in [7, 11) is 0. The van der Waals surface area contributed by atoms with Gasteiger partial charge in [-0.25, -0.2) is 0 Å². The van der Waals surface area contributed by atoms with Gasteiger partial charge in [0.25, 0.3) is 0 Å². The molecule has 0 unspecified atom stereocenters. The molecular weight excluding hydrogens is 148 g/mol. The van der Waals surface area contributed by atoms with Gasteiger partial charge in [0.05, 0.1) is 0 Å². The van der Waals surface area contributed by atoms with Crippen LogP contribution in [0.4, 0.5) is 0 Å². The van der Waals surface area contributed by atoms with Gasteiger partial charge in [0.2, 0.25) is 0 Å². The van der Waals surface area contributed by atoms with Gasteiger partial charge >= 0.3 is 0 Å². The van der Waals surface area contributed by atoms with Crippen molar-refractivity contribution in [3.8, 4) is 0 Å². The van der Waals surface area contributed by atoms with Crippen LogP contribution in [0.25, 0.3) is 0 Å². The Kier molecular flexibility index (Phi) is 2.13. The van der Waals surface area contributed by atoms with Gasteiger partial charge in [-0.05, 0) is 39.7 Å². The van der Waals surface area contributed by atoms with Crippen molar-refractivity contribution in [2.45, 2.75) is 44.7 Å². The van der Waals surface area contributed by atoms with Crippen molar-refractivity contribution >= 4 is 0 Å². The third-order valence-corrected chi connectivity index (χ3v) is 3.59. The summed E-state index contributed by atoms with van der Waals surface area (Å²) < 4.78 is 0. The first-order valence-electron chi connectivity index (χ1n) is 5.21. The molecule has 2 rings (SSSR count). The molecule has 0 bridgehead atoms. The second kappa shape index (κ2) is 3.00. The van der Waals surface area contributed by atoms with Crippen LogP contribution in [0.2, 0.25) is 0 Å². The first-order chi connectivity index (χ1) is 5.72. The minimum absolute atomic E-state index is 0. The topological polar surface area (TPSA) is 15.3 Å². The van der Waals surface area contributed by atoms with Crippen molar-refractivity contribution in [2.75, 3.05) is 19.6 Å². The van der Waals surface area contributed by atoms with E-state index >= 15 is 0 Å². The summed E-state index contributed by atoms with van der Waals surface area (Å²) in [6.45, 7) is 8.44. The Labute approximate surface area is 76.8 Å². The van der Waals surface area contributed by atoms with E-state index in [1.54, 1.807) is 0 Å². The summed E-state index contributed by atoms with van der Waals surface area (Å²) in [6.07, 6.45) is 4.15. The van der Waals surface area contributed by atoms with Crippen LogP contribution >= 0.6 is 0 Å². The molecule has 2 aliphatic heterocycles. The molecule has 0 atom stereocenters. The number of likely N-dealkylation sites (tertiary alicyclic amines) is 1. The highest BCUT2D eigenvalue weighted by atomic mass is 15.2. The molecule has 0 aliphatic carbocycles. The molecule has 1 N–H and O–H groups in total. The highest BCUT2D eigenvalue weighted by Gasteiger charge is 2.39. The summed E-state index contributed by atoms with van der Waals surface area (Å²) >= 11 is 0. The Morgan fingerprint density at radius 3 is 2.17 bits per heavy atom. The summed E-state index contributed by atoms with van der Waals surface area (Å²) in [5, 5.41) is 3.59. The third-order valence-electron chi connectivity index (χ3n) is 3.59. The molecule has 2 aliphatic rings. The van der Waals surface area contributed by atoms with Crippen molar-refractivity contribution < 1.29 is 1.43 Å². The molecule has 12 heavy (non-hydrogen) atoms. The quantitative estimate of drug-likeness (QED) is 0.641. The molecule has 0 aromatic rings. The Morgan fingerprint density at radius 2 is 1.83 bits per heavy atom. The fourth-order valence-corrected chi connectivity index (χ4v) is 2.37. The molecule has 2 saturated heterocycles. The van der Waals surface area contributed by atoms with Crippen LogP contribution in [0.15, 0.2) is 0 Å². The Hall–Kier alpha value is -0.0800. The SMILES string of the molecule is CC(C)N1CCC2(CCN2)CC1.[HH]. The maximum atomic E-state index is 3.59. The average molecular weight is 170 g/mol. The van der Waals surface area contributed by atoms with Crippen molar-refractivity contribution in [1.82, 2.24) is 10.2 Å². The molecule has 2 heteroatoms. The molecular formula is C10H22N2. The Bertz CT molecular complexity index is 156. The molecule has 2 heterocycles. The average Bonchev–Trinajstić information content (AvgIpc) is 2.02. The fraction of sp³-hybridized carbons (Fsp3) is 1.00. The van der Waals surface area contributed by atoms with Gasteiger partial charge in [0.1, 0.15) is 0 Å². The predicted molar refractivity (Wildman–Crippen MR) is 53.4 cm³/mol. The van der Waals surface area contributed by atoms with Crippen molar-refractivity contribution in [1.29, 1.82) is 0 Å². The summed E-state index contributed by atoms with van der Waals surface area (Å²) in [5.74, 6) is 0. The lowest BCUT2D eigenvalue weighted by Crippen LogP contribution is -2.62. The lowest BCUT2D eigenvalue weighted by atomic mass is 9.79. The zero-order valence-corrected chi connectivity index (χ0v) is 8.27. The number of hydrogen-bond donors (Lipinski definition) is 1. The van der Waals surface area contributed by atoms with Gasteiger partial charge in [0.15, 0.2) is 0 Å². The van der Waals surface area contributed by atoms with Crippen molar-refractivity contribution in [3.05, 3.63) is 0 Å². The van der Waals surface area contributed by atoms with Crippen LogP contribution in [0.1, 0.15) is 34.5 Å². The standard InChI is InChI=1S/C10H20N2.H2/c1-9(2)12-7-4-10(5-8-12)3-6-11-10;/h9,11H,3-8H2,1-2H3;1H. The number of nitrogens with zero attached hydrogens (tertiary/aromatic N) is 1. The second-order valence-electron chi connectivity index (χ2n) is 4.59. The van der Waals surface area contributed by atoms with E-state index < -0.39 is 0 Å². The van der Waals surface area contributed by atoms with Crippen LogP contribution in [-0.4, -0.2) is 36.1 Å². The lowest BCUT2D eigenvalue weighted by molar-refractivity contribution is 0.0690. The molecule has 72 valence electrons. The molecule has 0 amide bonds. The molecule has 1 spiro atoms. The van der Waals surface area contributed by atoms with Gasteiger partial charge in [-0.2, -0.15) is 0 Å². The van der Waals surface area contributed by atoms with Crippen molar-refractivity contribution in [3.63, 3.8) is 0 Å². The van der Waals surface area contributed by atoms with Crippen LogP contribution < -0.4 is 5.32 Å². The van der Waals surface area contributed by atoms with Crippen LogP contribution in [-0.2, 0) is 0 Å². The number of nitrogens with one attached hydrogen (secondary N) is 1. The molecule has 0 saturated carbocycles. The normalized spacial score (nSPS) is 29.2. The zero-order chi connectivity index (χ0) is 8.60. The molecule has 0 radical (unpaired) electrons.